The summed E-state index contributed by atoms with van der Waals surface area (Å²) in [6.45, 7) is 8.57. The lowest BCUT2D eigenvalue weighted by atomic mass is 10.1. The highest BCUT2D eigenvalue weighted by atomic mass is 16.5. The molecule has 2 rings (SSSR count). The standard InChI is InChI=1S/C15H25N3O2/c1-4-16-14-13(11(2)3)15(18-10-17-14)20-9-12-7-5-6-8-19-12/h10-12H,4-9H2,1-3H3,(H,16,17,18). The van der Waals surface area contributed by atoms with E-state index in [1.807, 2.05) is 0 Å². The van der Waals surface area contributed by atoms with Crippen LogP contribution in [-0.2, 0) is 4.74 Å². The second kappa shape index (κ2) is 7.43. The second-order valence-electron chi connectivity index (χ2n) is 5.43. The van der Waals surface area contributed by atoms with Crippen molar-refractivity contribution in [2.75, 3.05) is 25.1 Å². The molecule has 2 heterocycles. The van der Waals surface area contributed by atoms with Crippen molar-refractivity contribution in [1.29, 1.82) is 0 Å². The molecule has 1 aliphatic heterocycles. The first kappa shape index (κ1) is 15.0. The lowest BCUT2D eigenvalue weighted by Gasteiger charge is -2.23. The Bertz CT molecular complexity index is 418. The van der Waals surface area contributed by atoms with E-state index in [2.05, 4.69) is 36.1 Å². The van der Waals surface area contributed by atoms with Crippen LogP contribution in [0.4, 0.5) is 5.82 Å². The Hall–Kier alpha value is -1.36. The Kier molecular flexibility index (Phi) is 5.59. The topological polar surface area (TPSA) is 56.3 Å². The van der Waals surface area contributed by atoms with Crippen molar-refractivity contribution >= 4 is 5.82 Å². The van der Waals surface area contributed by atoms with Gasteiger partial charge in [0, 0.05) is 13.2 Å². The molecule has 0 bridgehead atoms. The summed E-state index contributed by atoms with van der Waals surface area (Å²) >= 11 is 0. The van der Waals surface area contributed by atoms with E-state index in [1.54, 1.807) is 6.33 Å². The number of nitrogens with one attached hydrogen (secondary N) is 1. The fourth-order valence-electron chi connectivity index (χ4n) is 2.43. The van der Waals surface area contributed by atoms with E-state index in [1.165, 1.54) is 6.42 Å². The van der Waals surface area contributed by atoms with Gasteiger partial charge >= 0.3 is 0 Å². The van der Waals surface area contributed by atoms with Gasteiger partial charge in [-0.3, -0.25) is 0 Å². The van der Waals surface area contributed by atoms with Gasteiger partial charge in [0.2, 0.25) is 5.88 Å². The van der Waals surface area contributed by atoms with Crippen LogP contribution in [0.15, 0.2) is 6.33 Å². The van der Waals surface area contributed by atoms with Gasteiger partial charge in [0.1, 0.15) is 18.8 Å². The SMILES string of the molecule is CCNc1ncnc(OCC2CCCCO2)c1C(C)C. The molecular weight excluding hydrogens is 254 g/mol. The van der Waals surface area contributed by atoms with Gasteiger partial charge in [0.25, 0.3) is 0 Å². The van der Waals surface area contributed by atoms with Crippen LogP contribution in [0.1, 0.15) is 51.5 Å². The highest BCUT2D eigenvalue weighted by Gasteiger charge is 2.19. The molecule has 0 amide bonds. The Balaban J connectivity index is 2.07. The molecule has 1 aliphatic rings. The van der Waals surface area contributed by atoms with Gasteiger partial charge in [0.15, 0.2) is 0 Å². The highest BCUT2D eigenvalue weighted by molar-refractivity contribution is 5.50. The van der Waals surface area contributed by atoms with Crippen molar-refractivity contribution < 1.29 is 9.47 Å². The smallest absolute Gasteiger partial charge is 0.222 e. The first-order valence-corrected chi connectivity index (χ1v) is 7.55. The fraction of sp³-hybridized carbons (Fsp3) is 0.733. The van der Waals surface area contributed by atoms with Crippen LogP contribution in [0.5, 0.6) is 5.88 Å². The molecule has 20 heavy (non-hydrogen) atoms. The molecular formula is C15H25N3O2. The van der Waals surface area contributed by atoms with E-state index in [0.29, 0.717) is 18.4 Å². The summed E-state index contributed by atoms with van der Waals surface area (Å²) < 4.78 is 11.6. The Morgan fingerprint density at radius 3 is 2.90 bits per heavy atom. The number of hydrogen-bond donors (Lipinski definition) is 1. The molecule has 1 unspecified atom stereocenters. The van der Waals surface area contributed by atoms with Crippen LogP contribution in [0, 0.1) is 0 Å². The minimum absolute atomic E-state index is 0.196. The normalized spacial score (nSPS) is 19.1. The quantitative estimate of drug-likeness (QED) is 0.867. The summed E-state index contributed by atoms with van der Waals surface area (Å²) in [5.74, 6) is 1.87. The largest absolute Gasteiger partial charge is 0.475 e. The predicted molar refractivity (Wildman–Crippen MR) is 79.4 cm³/mol. The zero-order valence-corrected chi connectivity index (χ0v) is 12.7. The number of ether oxygens (including phenoxy) is 2. The maximum atomic E-state index is 5.91. The van der Waals surface area contributed by atoms with Crippen LogP contribution in [0.25, 0.3) is 0 Å². The molecule has 0 saturated carbocycles. The van der Waals surface area contributed by atoms with Crippen LogP contribution in [0.3, 0.4) is 0 Å². The molecule has 0 aromatic carbocycles. The summed E-state index contributed by atoms with van der Waals surface area (Å²) in [5, 5.41) is 3.27. The van der Waals surface area contributed by atoms with E-state index in [4.69, 9.17) is 9.47 Å². The highest BCUT2D eigenvalue weighted by Crippen LogP contribution is 2.30. The van der Waals surface area contributed by atoms with Crippen LogP contribution in [-0.4, -0.2) is 35.8 Å². The Morgan fingerprint density at radius 1 is 1.40 bits per heavy atom. The van der Waals surface area contributed by atoms with Crippen LogP contribution < -0.4 is 10.1 Å². The van der Waals surface area contributed by atoms with Gasteiger partial charge in [-0.15, -0.1) is 0 Å². The zero-order valence-electron chi connectivity index (χ0n) is 12.7. The second-order valence-corrected chi connectivity index (χ2v) is 5.43. The molecule has 1 saturated heterocycles. The third-order valence-electron chi connectivity index (χ3n) is 3.45. The molecule has 0 spiro atoms. The van der Waals surface area contributed by atoms with Crippen molar-refractivity contribution in [2.24, 2.45) is 0 Å². The zero-order chi connectivity index (χ0) is 14.4. The van der Waals surface area contributed by atoms with Gasteiger partial charge in [-0.1, -0.05) is 13.8 Å². The van der Waals surface area contributed by atoms with Gasteiger partial charge in [0.05, 0.1) is 11.7 Å². The molecule has 1 aromatic rings. The van der Waals surface area contributed by atoms with Gasteiger partial charge in [-0.2, -0.15) is 0 Å². The molecule has 1 aromatic heterocycles. The lowest BCUT2D eigenvalue weighted by molar-refractivity contribution is -0.0121. The van der Waals surface area contributed by atoms with E-state index in [9.17, 15) is 0 Å². The molecule has 5 heteroatoms. The molecule has 1 atom stereocenters. The van der Waals surface area contributed by atoms with Crippen molar-refractivity contribution in [3.63, 3.8) is 0 Å². The van der Waals surface area contributed by atoms with Crippen molar-refractivity contribution in [1.82, 2.24) is 9.97 Å². The van der Waals surface area contributed by atoms with Gasteiger partial charge < -0.3 is 14.8 Å². The molecule has 112 valence electrons. The Morgan fingerprint density at radius 2 is 2.25 bits per heavy atom. The fourth-order valence-corrected chi connectivity index (χ4v) is 2.43. The van der Waals surface area contributed by atoms with Gasteiger partial charge in [-0.25, -0.2) is 9.97 Å². The summed E-state index contributed by atoms with van der Waals surface area (Å²) in [6, 6.07) is 0. The number of aromatic nitrogens is 2. The minimum atomic E-state index is 0.196. The summed E-state index contributed by atoms with van der Waals surface area (Å²) in [7, 11) is 0. The summed E-state index contributed by atoms with van der Waals surface area (Å²) in [6.07, 6.45) is 5.20. The number of anilines is 1. The third-order valence-corrected chi connectivity index (χ3v) is 3.45. The molecule has 5 nitrogen and oxygen atoms in total. The third kappa shape index (κ3) is 3.82. The maximum absolute atomic E-state index is 5.91. The Labute approximate surface area is 121 Å². The average molecular weight is 279 g/mol. The summed E-state index contributed by atoms with van der Waals surface area (Å²) in [5.41, 5.74) is 1.05. The van der Waals surface area contributed by atoms with Crippen molar-refractivity contribution in [3.8, 4) is 5.88 Å². The lowest BCUT2D eigenvalue weighted by Crippen LogP contribution is -2.26. The van der Waals surface area contributed by atoms with Crippen LogP contribution >= 0.6 is 0 Å². The van der Waals surface area contributed by atoms with Crippen molar-refractivity contribution in [3.05, 3.63) is 11.9 Å². The van der Waals surface area contributed by atoms with Gasteiger partial charge in [-0.05, 0) is 32.1 Å². The van der Waals surface area contributed by atoms with E-state index in [-0.39, 0.29) is 6.10 Å². The average Bonchev–Trinajstić information content (AvgIpc) is 2.46. The predicted octanol–water partition coefficient (Wildman–Crippen LogP) is 2.98. The van der Waals surface area contributed by atoms with E-state index < -0.39 is 0 Å². The number of rotatable bonds is 6. The number of nitrogens with zero attached hydrogens (tertiary/aromatic N) is 2. The first-order chi connectivity index (χ1) is 9.72. The molecule has 0 radical (unpaired) electrons. The monoisotopic (exact) mass is 279 g/mol. The summed E-state index contributed by atoms with van der Waals surface area (Å²) in [4.78, 5) is 8.61. The van der Waals surface area contributed by atoms with E-state index in [0.717, 1.165) is 37.4 Å². The van der Waals surface area contributed by atoms with E-state index >= 15 is 0 Å². The molecule has 1 N–H and O–H groups in total. The molecule has 1 fully saturated rings. The molecule has 0 aliphatic carbocycles. The van der Waals surface area contributed by atoms with Crippen molar-refractivity contribution in [2.45, 2.75) is 52.1 Å². The van der Waals surface area contributed by atoms with Crippen LogP contribution in [0.2, 0.25) is 0 Å². The maximum Gasteiger partial charge on any atom is 0.222 e. The first-order valence-electron chi connectivity index (χ1n) is 7.55. The number of hydrogen-bond acceptors (Lipinski definition) is 5. The minimum Gasteiger partial charge on any atom is -0.475 e.